The van der Waals surface area contributed by atoms with Gasteiger partial charge in [0.1, 0.15) is 0 Å². The molecule has 0 fully saturated rings. The van der Waals surface area contributed by atoms with Crippen molar-refractivity contribution < 1.29 is 9.90 Å². The minimum Gasteiger partial charge on any atom is -0.394 e. The van der Waals surface area contributed by atoms with Gasteiger partial charge in [0.05, 0.1) is 24.4 Å². The summed E-state index contributed by atoms with van der Waals surface area (Å²) in [5.41, 5.74) is 2.81. The highest BCUT2D eigenvalue weighted by Gasteiger charge is 2.25. The van der Waals surface area contributed by atoms with Crippen molar-refractivity contribution in [2.75, 3.05) is 6.61 Å². The van der Waals surface area contributed by atoms with Crippen LogP contribution < -0.4 is 0 Å². The van der Waals surface area contributed by atoms with E-state index in [9.17, 15) is 4.79 Å². The fourth-order valence-electron chi connectivity index (χ4n) is 2.36. The third-order valence-electron chi connectivity index (χ3n) is 3.03. The third-order valence-corrected chi connectivity index (χ3v) is 3.03. The van der Waals surface area contributed by atoms with Gasteiger partial charge >= 0.3 is 0 Å². The molecule has 4 nitrogen and oxygen atoms in total. The van der Waals surface area contributed by atoms with Crippen molar-refractivity contribution in [1.29, 1.82) is 0 Å². The van der Waals surface area contributed by atoms with E-state index >= 15 is 0 Å². The van der Waals surface area contributed by atoms with Gasteiger partial charge in [0.2, 0.25) is 0 Å². The van der Waals surface area contributed by atoms with Gasteiger partial charge in [0.15, 0.2) is 5.78 Å². The fourth-order valence-corrected chi connectivity index (χ4v) is 2.36. The van der Waals surface area contributed by atoms with Gasteiger partial charge in [-0.3, -0.25) is 9.48 Å². The quantitative estimate of drug-likeness (QED) is 0.836. The Morgan fingerprint density at radius 2 is 2.25 bits per heavy atom. The molecule has 0 aromatic carbocycles. The number of carbonyl (C=O) groups excluding carboxylic acids is 1. The van der Waals surface area contributed by atoms with Crippen molar-refractivity contribution in [1.82, 2.24) is 9.78 Å². The van der Waals surface area contributed by atoms with Gasteiger partial charge < -0.3 is 5.11 Å². The summed E-state index contributed by atoms with van der Waals surface area (Å²) in [7, 11) is 0. The van der Waals surface area contributed by atoms with Gasteiger partial charge in [-0.1, -0.05) is 13.3 Å². The highest BCUT2D eigenvalue weighted by Crippen LogP contribution is 2.25. The number of aryl methyl sites for hydroxylation is 1. The first-order valence-corrected chi connectivity index (χ1v) is 6.00. The van der Waals surface area contributed by atoms with Crippen LogP contribution >= 0.6 is 0 Å². The summed E-state index contributed by atoms with van der Waals surface area (Å²) in [6, 6.07) is 0. The largest absolute Gasteiger partial charge is 0.394 e. The molecule has 1 aromatic heterocycles. The monoisotopic (exact) mass is 222 g/mol. The summed E-state index contributed by atoms with van der Waals surface area (Å²) < 4.78 is 1.82. The number of aliphatic hydroxyl groups is 1. The number of fused-ring (bicyclic) bond motifs is 1. The first kappa shape index (κ1) is 11.3. The predicted molar refractivity (Wildman–Crippen MR) is 60.6 cm³/mol. The third kappa shape index (κ3) is 1.89. The lowest BCUT2D eigenvalue weighted by atomic mass is 9.93. The molecule has 1 aromatic rings. The molecule has 0 saturated carbocycles. The lowest BCUT2D eigenvalue weighted by molar-refractivity contribution is 0.0970. The Morgan fingerprint density at radius 1 is 1.44 bits per heavy atom. The first-order valence-electron chi connectivity index (χ1n) is 6.00. The molecule has 4 heteroatoms. The highest BCUT2D eigenvalue weighted by atomic mass is 16.3. The van der Waals surface area contributed by atoms with Crippen molar-refractivity contribution in [3.63, 3.8) is 0 Å². The molecule has 0 bridgehead atoms. The van der Waals surface area contributed by atoms with Crippen LogP contribution in [0.25, 0.3) is 0 Å². The number of aromatic nitrogens is 2. The Morgan fingerprint density at radius 3 is 2.94 bits per heavy atom. The number of Topliss-reactive ketones (excluding diaryl/α,β-unsaturated/α-hetero) is 1. The van der Waals surface area contributed by atoms with Gasteiger partial charge in [0.25, 0.3) is 0 Å². The van der Waals surface area contributed by atoms with Gasteiger partial charge in [-0.15, -0.1) is 0 Å². The molecule has 2 rings (SSSR count). The maximum Gasteiger partial charge on any atom is 0.166 e. The van der Waals surface area contributed by atoms with E-state index < -0.39 is 0 Å². The summed E-state index contributed by atoms with van der Waals surface area (Å²) in [5.74, 6) is 0.230. The Labute approximate surface area is 95.3 Å². The topological polar surface area (TPSA) is 55.1 Å². The molecule has 1 N–H and O–H groups in total. The molecular weight excluding hydrogens is 204 g/mol. The molecule has 0 radical (unpaired) electrons. The lowest BCUT2D eigenvalue weighted by Gasteiger charge is -2.12. The highest BCUT2D eigenvalue weighted by molar-refractivity contribution is 5.99. The number of ketones is 1. The van der Waals surface area contributed by atoms with E-state index in [-0.39, 0.29) is 12.4 Å². The zero-order valence-electron chi connectivity index (χ0n) is 9.70. The smallest absolute Gasteiger partial charge is 0.166 e. The Kier molecular flexibility index (Phi) is 3.39. The molecule has 0 amide bonds. The standard InChI is InChI=1S/C12H18N2O2/c1-2-4-9-12-10(5-3-6-11(12)16)14(13-9)7-8-15/h15H,2-8H2,1H3. The molecule has 0 saturated heterocycles. The maximum atomic E-state index is 11.9. The van der Waals surface area contributed by atoms with Crippen LogP contribution in [0.5, 0.6) is 0 Å². The summed E-state index contributed by atoms with van der Waals surface area (Å²) in [6.45, 7) is 2.66. The molecule has 16 heavy (non-hydrogen) atoms. The number of aliphatic hydroxyl groups excluding tert-OH is 1. The van der Waals surface area contributed by atoms with Crippen LogP contribution in [0.1, 0.15) is 47.9 Å². The molecule has 1 aliphatic carbocycles. The number of hydrogen-bond donors (Lipinski definition) is 1. The maximum absolute atomic E-state index is 11.9. The average Bonchev–Trinajstić information content (AvgIpc) is 2.60. The predicted octanol–water partition coefficient (Wildman–Crippen LogP) is 1.35. The molecule has 1 aliphatic rings. The lowest BCUT2D eigenvalue weighted by Crippen LogP contribution is -2.15. The van der Waals surface area contributed by atoms with E-state index in [0.717, 1.165) is 42.6 Å². The number of rotatable bonds is 4. The average molecular weight is 222 g/mol. The Bertz CT molecular complexity index is 396. The van der Waals surface area contributed by atoms with Gasteiger partial charge in [-0.2, -0.15) is 5.10 Å². The van der Waals surface area contributed by atoms with E-state index in [2.05, 4.69) is 12.0 Å². The molecule has 88 valence electrons. The second kappa shape index (κ2) is 4.78. The van der Waals surface area contributed by atoms with Crippen molar-refractivity contribution in [3.05, 3.63) is 17.0 Å². The number of carbonyl (C=O) groups is 1. The Hall–Kier alpha value is -1.16. The fraction of sp³-hybridized carbons (Fsp3) is 0.667. The second-order valence-electron chi connectivity index (χ2n) is 4.24. The van der Waals surface area contributed by atoms with Crippen molar-refractivity contribution in [2.24, 2.45) is 0 Å². The van der Waals surface area contributed by atoms with Crippen LogP contribution in [0, 0.1) is 0 Å². The normalized spacial score (nSPS) is 15.2. The van der Waals surface area contributed by atoms with Crippen LogP contribution in [0.2, 0.25) is 0 Å². The molecule has 0 spiro atoms. The second-order valence-corrected chi connectivity index (χ2v) is 4.24. The van der Waals surface area contributed by atoms with Crippen LogP contribution in [0.3, 0.4) is 0 Å². The number of nitrogens with zero attached hydrogens (tertiary/aromatic N) is 2. The van der Waals surface area contributed by atoms with E-state index in [0.29, 0.717) is 13.0 Å². The van der Waals surface area contributed by atoms with Crippen molar-refractivity contribution in [3.8, 4) is 0 Å². The minimum absolute atomic E-state index is 0.0773. The summed E-state index contributed by atoms with van der Waals surface area (Å²) in [4.78, 5) is 11.9. The molecule has 1 heterocycles. The van der Waals surface area contributed by atoms with Crippen LogP contribution in [-0.4, -0.2) is 27.3 Å². The van der Waals surface area contributed by atoms with Crippen molar-refractivity contribution in [2.45, 2.75) is 45.6 Å². The summed E-state index contributed by atoms with van der Waals surface area (Å²) in [5, 5.41) is 13.4. The Balaban J connectivity index is 2.42. The van der Waals surface area contributed by atoms with E-state index in [4.69, 9.17) is 5.11 Å². The van der Waals surface area contributed by atoms with E-state index in [1.807, 2.05) is 4.68 Å². The molecular formula is C12H18N2O2. The summed E-state index contributed by atoms with van der Waals surface area (Å²) in [6.07, 6.45) is 4.32. The van der Waals surface area contributed by atoms with E-state index in [1.54, 1.807) is 0 Å². The van der Waals surface area contributed by atoms with Gasteiger partial charge in [0, 0.05) is 12.1 Å². The zero-order valence-corrected chi connectivity index (χ0v) is 9.70. The summed E-state index contributed by atoms with van der Waals surface area (Å²) >= 11 is 0. The van der Waals surface area contributed by atoms with Gasteiger partial charge in [-0.25, -0.2) is 0 Å². The van der Waals surface area contributed by atoms with Crippen LogP contribution in [0.4, 0.5) is 0 Å². The van der Waals surface area contributed by atoms with Crippen molar-refractivity contribution >= 4 is 5.78 Å². The molecule has 0 aliphatic heterocycles. The zero-order chi connectivity index (χ0) is 11.5. The molecule has 0 unspecified atom stereocenters. The van der Waals surface area contributed by atoms with Crippen LogP contribution in [0.15, 0.2) is 0 Å². The van der Waals surface area contributed by atoms with E-state index in [1.165, 1.54) is 0 Å². The van der Waals surface area contributed by atoms with Crippen LogP contribution in [-0.2, 0) is 19.4 Å². The van der Waals surface area contributed by atoms with Gasteiger partial charge in [-0.05, 0) is 19.3 Å². The SMILES string of the molecule is CCCc1nn(CCO)c2c1C(=O)CCC2. The first-order chi connectivity index (χ1) is 7.77. The number of hydrogen-bond acceptors (Lipinski definition) is 3. The minimum atomic E-state index is 0.0773. The molecule has 0 atom stereocenters.